The van der Waals surface area contributed by atoms with Crippen LogP contribution in [0, 0.1) is 5.92 Å². The second-order valence-corrected chi connectivity index (χ2v) is 5.41. The van der Waals surface area contributed by atoms with Crippen LogP contribution in [-0.2, 0) is 14.3 Å². The number of carboxylic acid groups (broad SMARTS) is 1. The molecule has 26 heavy (non-hydrogen) atoms. The van der Waals surface area contributed by atoms with Crippen LogP contribution in [0.5, 0.6) is 0 Å². The van der Waals surface area contributed by atoms with E-state index in [-0.39, 0.29) is 5.97 Å². The molecule has 1 rings (SSSR count). The van der Waals surface area contributed by atoms with Gasteiger partial charge < -0.3 is 9.84 Å². The van der Waals surface area contributed by atoms with Crippen LogP contribution in [0.15, 0.2) is 62.2 Å². The Morgan fingerprint density at radius 2 is 1.69 bits per heavy atom. The third-order valence-corrected chi connectivity index (χ3v) is 3.38. The van der Waals surface area contributed by atoms with Crippen molar-refractivity contribution in [3.63, 3.8) is 0 Å². The third kappa shape index (κ3) is 17.7. The van der Waals surface area contributed by atoms with Crippen molar-refractivity contribution in [2.24, 2.45) is 5.92 Å². The van der Waals surface area contributed by atoms with Crippen LogP contribution in [0.3, 0.4) is 0 Å². The van der Waals surface area contributed by atoms with E-state index in [2.05, 4.69) is 33.6 Å². The third-order valence-electron chi connectivity index (χ3n) is 3.38. The maximum Gasteiger partial charge on any atom is 0.330 e. The quantitative estimate of drug-likeness (QED) is 0.465. The van der Waals surface area contributed by atoms with Crippen molar-refractivity contribution in [1.29, 1.82) is 0 Å². The van der Waals surface area contributed by atoms with Crippen molar-refractivity contribution in [2.45, 2.75) is 39.5 Å². The molecule has 0 saturated carbocycles. The van der Waals surface area contributed by atoms with Crippen molar-refractivity contribution >= 4 is 18.0 Å². The molecule has 0 aliphatic heterocycles. The number of esters is 1. The van der Waals surface area contributed by atoms with Gasteiger partial charge in [0.2, 0.25) is 0 Å². The van der Waals surface area contributed by atoms with E-state index >= 15 is 0 Å². The molecule has 0 amide bonds. The summed E-state index contributed by atoms with van der Waals surface area (Å²) >= 11 is 0. The highest BCUT2D eigenvalue weighted by Gasteiger charge is 2.07. The van der Waals surface area contributed by atoms with Crippen LogP contribution in [0.2, 0.25) is 0 Å². The minimum atomic E-state index is -0.981. The Morgan fingerprint density at radius 1 is 1.12 bits per heavy atom. The molecule has 0 heterocycles. The molecule has 1 N–H and O–H groups in total. The summed E-state index contributed by atoms with van der Waals surface area (Å²) in [5.41, 5.74) is 1.17. The van der Waals surface area contributed by atoms with E-state index < -0.39 is 5.97 Å². The highest BCUT2D eigenvalue weighted by atomic mass is 16.5. The van der Waals surface area contributed by atoms with Gasteiger partial charge in [-0.2, -0.15) is 0 Å². The minimum absolute atomic E-state index is 0.310. The van der Waals surface area contributed by atoms with Crippen LogP contribution >= 0.6 is 0 Å². The predicted molar refractivity (Wildman–Crippen MR) is 109 cm³/mol. The lowest BCUT2D eigenvalue weighted by Crippen LogP contribution is -2.12. The first kappa shape index (κ1) is 25.6. The molecule has 0 fully saturated rings. The molecule has 0 aliphatic rings. The Balaban J connectivity index is 0. The molecule has 1 aromatic rings. The lowest BCUT2D eigenvalue weighted by Gasteiger charge is -2.13. The Hall–Kier alpha value is -2.62. The zero-order valence-corrected chi connectivity index (χ0v) is 16.0. The highest BCUT2D eigenvalue weighted by Crippen LogP contribution is 2.12. The SMILES string of the molecule is C=CC(=O)O.C=CC(=O)OCC(CC)CCCC.C=Cc1ccccc1. The van der Waals surface area contributed by atoms with Gasteiger partial charge in [0.25, 0.3) is 0 Å². The number of rotatable bonds is 9. The maximum absolute atomic E-state index is 10.8. The number of carboxylic acids is 1. The molecule has 1 unspecified atom stereocenters. The molecular weight excluding hydrogens is 328 g/mol. The van der Waals surface area contributed by atoms with Crippen molar-refractivity contribution in [3.8, 4) is 0 Å². The number of hydrogen-bond acceptors (Lipinski definition) is 3. The van der Waals surface area contributed by atoms with Gasteiger partial charge in [0.05, 0.1) is 6.61 Å². The largest absolute Gasteiger partial charge is 0.478 e. The van der Waals surface area contributed by atoms with Gasteiger partial charge in [0, 0.05) is 12.2 Å². The fourth-order valence-corrected chi connectivity index (χ4v) is 1.75. The van der Waals surface area contributed by atoms with Crippen molar-refractivity contribution in [2.75, 3.05) is 6.61 Å². The summed E-state index contributed by atoms with van der Waals surface area (Å²) < 4.78 is 4.98. The van der Waals surface area contributed by atoms with Gasteiger partial charge in [-0.25, -0.2) is 9.59 Å². The predicted octanol–water partition coefficient (Wildman–Crippen LogP) is 5.52. The van der Waals surface area contributed by atoms with Gasteiger partial charge >= 0.3 is 11.9 Å². The zero-order valence-electron chi connectivity index (χ0n) is 16.0. The van der Waals surface area contributed by atoms with E-state index in [1.165, 1.54) is 24.5 Å². The summed E-state index contributed by atoms with van der Waals surface area (Å²) in [6.07, 6.45) is 8.52. The van der Waals surface area contributed by atoms with Crippen LogP contribution in [0.1, 0.15) is 45.1 Å². The number of carbonyl (C=O) groups excluding carboxylic acids is 1. The second kappa shape index (κ2) is 18.7. The molecule has 4 nitrogen and oxygen atoms in total. The molecule has 144 valence electrons. The summed E-state index contributed by atoms with van der Waals surface area (Å²) in [7, 11) is 0. The summed E-state index contributed by atoms with van der Waals surface area (Å²) in [6.45, 7) is 14.8. The smallest absolute Gasteiger partial charge is 0.330 e. The van der Waals surface area contributed by atoms with Crippen LogP contribution in [0.4, 0.5) is 0 Å². The maximum atomic E-state index is 10.8. The Kier molecular flexibility index (Phi) is 18.4. The molecule has 0 aromatic heterocycles. The first-order valence-corrected chi connectivity index (χ1v) is 8.77. The molecule has 0 radical (unpaired) electrons. The molecule has 0 spiro atoms. The Labute approximate surface area is 157 Å². The fraction of sp³-hybridized carbons (Fsp3) is 0.364. The number of carbonyl (C=O) groups is 2. The number of ether oxygens (including phenoxy) is 1. The molecule has 0 bridgehead atoms. The zero-order chi connectivity index (χ0) is 20.2. The monoisotopic (exact) mass is 360 g/mol. The van der Waals surface area contributed by atoms with Crippen molar-refractivity contribution in [1.82, 2.24) is 0 Å². The second-order valence-electron chi connectivity index (χ2n) is 5.41. The summed E-state index contributed by atoms with van der Waals surface area (Å²) in [5.74, 6) is -0.774. The number of aliphatic carboxylic acids is 1. The van der Waals surface area contributed by atoms with E-state index in [4.69, 9.17) is 9.84 Å². The fourth-order valence-electron chi connectivity index (χ4n) is 1.75. The van der Waals surface area contributed by atoms with Gasteiger partial charge in [0.1, 0.15) is 0 Å². The van der Waals surface area contributed by atoms with E-state index in [0.717, 1.165) is 18.9 Å². The Bertz CT molecular complexity index is 520. The van der Waals surface area contributed by atoms with E-state index in [9.17, 15) is 9.59 Å². The van der Waals surface area contributed by atoms with Gasteiger partial charge in [-0.1, -0.05) is 89.3 Å². The van der Waals surface area contributed by atoms with Crippen LogP contribution in [0.25, 0.3) is 6.08 Å². The number of hydrogen-bond donors (Lipinski definition) is 1. The first-order valence-electron chi connectivity index (χ1n) is 8.77. The summed E-state index contributed by atoms with van der Waals surface area (Å²) in [6, 6.07) is 10.0. The van der Waals surface area contributed by atoms with E-state index in [1.807, 2.05) is 36.4 Å². The van der Waals surface area contributed by atoms with Gasteiger partial charge in [-0.3, -0.25) is 0 Å². The minimum Gasteiger partial charge on any atom is -0.478 e. The topological polar surface area (TPSA) is 63.6 Å². The summed E-state index contributed by atoms with van der Waals surface area (Å²) in [4.78, 5) is 20.0. The standard InChI is InChI=1S/C11H20O2.C8H8.C3H4O2/c1-4-7-8-10(5-2)9-13-11(12)6-3;1-2-8-6-4-3-5-7-8;1-2-3(4)5/h6,10H,3-5,7-9H2,1-2H3;2-7H,1H2;2H,1H2,(H,4,5). The molecule has 1 atom stereocenters. The first-order chi connectivity index (χ1) is 12.4. The van der Waals surface area contributed by atoms with E-state index in [1.54, 1.807) is 0 Å². The average molecular weight is 360 g/mol. The molecule has 0 aliphatic carbocycles. The molecule has 4 heteroatoms. The summed E-state index contributed by atoms with van der Waals surface area (Å²) in [5, 5.41) is 7.60. The highest BCUT2D eigenvalue weighted by molar-refractivity contribution is 5.81. The number of benzene rings is 1. The van der Waals surface area contributed by atoms with Crippen LogP contribution in [-0.4, -0.2) is 23.7 Å². The van der Waals surface area contributed by atoms with E-state index in [0.29, 0.717) is 12.5 Å². The van der Waals surface area contributed by atoms with Gasteiger partial charge in [-0.05, 0) is 17.9 Å². The van der Waals surface area contributed by atoms with Gasteiger partial charge in [-0.15, -0.1) is 0 Å². The molecular formula is C22H32O4. The molecule has 0 saturated heterocycles. The van der Waals surface area contributed by atoms with Crippen molar-refractivity contribution < 1.29 is 19.4 Å². The molecule has 1 aromatic carbocycles. The Morgan fingerprint density at radius 3 is 2.04 bits per heavy atom. The van der Waals surface area contributed by atoms with Gasteiger partial charge in [0.15, 0.2) is 0 Å². The lowest BCUT2D eigenvalue weighted by molar-refractivity contribution is -0.139. The lowest BCUT2D eigenvalue weighted by atomic mass is 10.0. The normalized spacial score (nSPS) is 9.92. The van der Waals surface area contributed by atoms with Crippen LogP contribution < -0.4 is 0 Å². The van der Waals surface area contributed by atoms with Crippen molar-refractivity contribution in [3.05, 3.63) is 67.8 Å². The number of unbranched alkanes of at least 4 members (excludes halogenated alkanes) is 1. The average Bonchev–Trinajstić information content (AvgIpc) is 2.69.